The number of halogens is 2. The number of benzene rings is 1. The van der Waals surface area contributed by atoms with Gasteiger partial charge in [0, 0.05) is 28.7 Å². The zero-order valence-corrected chi connectivity index (χ0v) is 15.6. The molecule has 2 rings (SSSR count). The van der Waals surface area contributed by atoms with Crippen LogP contribution in [0.4, 0.5) is 14.5 Å². The summed E-state index contributed by atoms with van der Waals surface area (Å²) in [4.78, 5) is 15.9. The monoisotopic (exact) mass is 388 g/mol. The average molecular weight is 388 g/mol. The molecule has 0 aliphatic carbocycles. The molecular formula is C20H22F2N4O2. The first-order valence-corrected chi connectivity index (χ1v) is 8.54. The number of anilines is 1. The lowest BCUT2D eigenvalue weighted by Crippen LogP contribution is -2.13. The summed E-state index contributed by atoms with van der Waals surface area (Å²) in [5.41, 5.74) is 13.9. The summed E-state index contributed by atoms with van der Waals surface area (Å²) >= 11 is 0. The Hall–Kier alpha value is -3.42. The summed E-state index contributed by atoms with van der Waals surface area (Å²) in [7, 11) is 0. The number of carbonyl (C=O) groups is 1. The molecule has 0 saturated heterocycles. The van der Waals surface area contributed by atoms with Gasteiger partial charge in [-0.15, -0.1) is 0 Å². The number of pyridine rings is 1. The topological polar surface area (TPSA) is 103 Å². The quantitative estimate of drug-likeness (QED) is 0.495. The largest absolute Gasteiger partial charge is 0.480 e. The number of alkyl halides is 2. The van der Waals surface area contributed by atoms with E-state index in [1.807, 2.05) is 13.8 Å². The Bertz CT molecular complexity index is 911. The van der Waals surface area contributed by atoms with E-state index in [9.17, 15) is 13.6 Å². The number of nitrogens with one attached hydrogen (secondary N) is 1. The average Bonchev–Trinajstić information content (AvgIpc) is 2.67. The number of carbonyl (C=O) groups excluding carboxylic acids is 1. The van der Waals surface area contributed by atoms with E-state index >= 15 is 0 Å². The molecule has 0 radical (unpaired) electrons. The van der Waals surface area contributed by atoms with Crippen molar-refractivity contribution in [2.45, 2.75) is 20.3 Å². The minimum atomic E-state index is -2.75. The fourth-order valence-corrected chi connectivity index (χ4v) is 2.40. The van der Waals surface area contributed by atoms with Crippen LogP contribution in [0, 0.1) is 6.92 Å². The van der Waals surface area contributed by atoms with Crippen molar-refractivity contribution in [2.24, 2.45) is 11.5 Å². The molecule has 0 aliphatic heterocycles. The van der Waals surface area contributed by atoms with Crippen molar-refractivity contribution in [3.8, 4) is 0 Å². The van der Waals surface area contributed by atoms with E-state index in [0.717, 1.165) is 11.6 Å². The maximum Gasteiger partial charge on any atom is 0.280 e. The van der Waals surface area contributed by atoms with Crippen molar-refractivity contribution in [3.05, 3.63) is 76.9 Å². The third-order valence-electron chi connectivity index (χ3n) is 3.81. The fourth-order valence-electron chi connectivity index (χ4n) is 2.40. The number of rotatable bonds is 7. The van der Waals surface area contributed by atoms with E-state index in [4.69, 9.17) is 16.2 Å². The molecule has 2 aromatic rings. The molecule has 0 bridgehead atoms. The molecule has 1 amide bonds. The van der Waals surface area contributed by atoms with Gasteiger partial charge in [-0.3, -0.25) is 9.78 Å². The first-order valence-electron chi connectivity index (χ1n) is 8.54. The number of nitrogens with zero attached hydrogens (tertiary/aromatic N) is 1. The molecule has 0 unspecified atom stereocenters. The second-order valence-corrected chi connectivity index (χ2v) is 5.88. The minimum absolute atomic E-state index is 0.0864. The number of ether oxygens (including phenoxy) is 1. The fraction of sp³-hybridized carbons (Fsp3) is 0.200. The van der Waals surface area contributed by atoms with Crippen LogP contribution in [-0.2, 0) is 4.74 Å². The van der Waals surface area contributed by atoms with Crippen molar-refractivity contribution in [3.63, 3.8) is 0 Å². The van der Waals surface area contributed by atoms with E-state index < -0.39 is 18.0 Å². The molecule has 5 N–H and O–H groups in total. The predicted molar refractivity (Wildman–Crippen MR) is 104 cm³/mol. The number of allylic oxidation sites excluding steroid dienone is 2. The van der Waals surface area contributed by atoms with Crippen molar-refractivity contribution in [1.82, 2.24) is 4.98 Å². The molecule has 0 atom stereocenters. The van der Waals surface area contributed by atoms with Gasteiger partial charge in [-0.25, -0.2) is 8.78 Å². The van der Waals surface area contributed by atoms with Gasteiger partial charge in [0.15, 0.2) is 5.88 Å². The number of amides is 1. The summed E-state index contributed by atoms with van der Waals surface area (Å²) in [6.45, 7) is 4.13. The predicted octanol–water partition coefficient (Wildman–Crippen LogP) is 3.72. The molecule has 0 fully saturated rings. The van der Waals surface area contributed by atoms with E-state index in [2.05, 4.69) is 10.3 Å². The maximum absolute atomic E-state index is 12.8. The summed E-state index contributed by atoms with van der Waals surface area (Å²) < 4.78 is 30.7. The van der Waals surface area contributed by atoms with Crippen LogP contribution in [0.25, 0.3) is 5.70 Å². The molecule has 6 nitrogen and oxygen atoms in total. The highest BCUT2D eigenvalue weighted by molar-refractivity contribution is 6.04. The van der Waals surface area contributed by atoms with Gasteiger partial charge in [0.05, 0.1) is 6.61 Å². The number of aromatic nitrogens is 1. The highest BCUT2D eigenvalue weighted by atomic mass is 19.3. The number of hydrogen-bond donors (Lipinski definition) is 3. The lowest BCUT2D eigenvalue weighted by molar-refractivity contribution is 0.102. The molecule has 28 heavy (non-hydrogen) atoms. The first-order chi connectivity index (χ1) is 13.3. The van der Waals surface area contributed by atoms with Crippen LogP contribution in [0.5, 0.6) is 0 Å². The Morgan fingerprint density at radius 3 is 2.68 bits per heavy atom. The van der Waals surface area contributed by atoms with Crippen molar-refractivity contribution < 1.29 is 18.3 Å². The Morgan fingerprint density at radius 2 is 2.00 bits per heavy atom. The van der Waals surface area contributed by atoms with Crippen LogP contribution < -0.4 is 16.8 Å². The minimum Gasteiger partial charge on any atom is -0.480 e. The van der Waals surface area contributed by atoms with Crippen LogP contribution in [0.15, 0.2) is 54.6 Å². The number of nitrogens with two attached hydrogens (primary N) is 2. The molecule has 1 aromatic heterocycles. The summed E-state index contributed by atoms with van der Waals surface area (Å²) in [5.74, 6) is -0.290. The van der Waals surface area contributed by atoms with E-state index in [-0.39, 0.29) is 11.4 Å². The van der Waals surface area contributed by atoms with Crippen molar-refractivity contribution in [1.29, 1.82) is 0 Å². The second kappa shape index (κ2) is 9.50. The van der Waals surface area contributed by atoms with E-state index in [0.29, 0.717) is 23.6 Å². The smallest absolute Gasteiger partial charge is 0.280 e. The summed E-state index contributed by atoms with van der Waals surface area (Å²) in [6, 6.07) is 7.61. The molecule has 0 saturated carbocycles. The van der Waals surface area contributed by atoms with E-state index in [1.165, 1.54) is 12.3 Å². The van der Waals surface area contributed by atoms with Crippen LogP contribution in [-0.4, -0.2) is 17.5 Å². The molecular weight excluding hydrogens is 366 g/mol. The van der Waals surface area contributed by atoms with Crippen molar-refractivity contribution >= 4 is 17.3 Å². The van der Waals surface area contributed by atoms with Gasteiger partial charge < -0.3 is 21.5 Å². The standard InChI is InChI=1S/C20H22F2N4O2/c1-3-28-18(24)7-6-16(23)15-11-14(5-4-12(15)2)26-20(27)13-8-9-25-17(10-13)19(21)22/h4-11,19H,3,23-24H2,1-2H3,(H,26,27)/b16-6-,18-7+. The SMILES string of the molecule is CCO/C(N)=C/C=C(\N)c1cc(NC(=O)c2ccnc(C(F)F)c2)ccc1C. The molecule has 8 heteroatoms. The number of aryl methyl sites for hydroxylation is 1. The van der Waals surface area contributed by atoms with Crippen molar-refractivity contribution in [2.75, 3.05) is 11.9 Å². The first kappa shape index (κ1) is 20.9. The Balaban J connectivity index is 2.23. The lowest BCUT2D eigenvalue weighted by atomic mass is 10.0. The molecule has 1 aromatic carbocycles. The molecule has 0 spiro atoms. The summed E-state index contributed by atoms with van der Waals surface area (Å²) in [6.07, 6.45) is 1.58. The third-order valence-corrected chi connectivity index (χ3v) is 3.81. The molecule has 0 aliphatic rings. The van der Waals surface area contributed by atoms with Gasteiger partial charge in [-0.2, -0.15) is 0 Å². The Kier molecular flexibility index (Phi) is 7.08. The molecule has 1 heterocycles. The zero-order valence-electron chi connectivity index (χ0n) is 15.6. The second-order valence-electron chi connectivity index (χ2n) is 5.88. The normalized spacial score (nSPS) is 12.2. The van der Waals surface area contributed by atoms with Crippen LogP contribution >= 0.6 is 0 Å². The Morgan fingerprint density at radius 1 is 1.25 bits per heavy atom. The van der Waals surface area contributed by atoms with Gasteiger partial charge >= 0.3 is 0 Å². The van der Waals surface area contributed by atoms with Gasteiger partial charge in [-0.05, 0) is 55.8 Å². The highest BCUT2D eigenvalue weighted by Crippen LogP contribution is 2.22. The van der Waals surface area contributed by atoms with Gasteiger partial charge in [0.2, 0.25) is 0 Å². The number of hydrogen-bond acceptors (Lipinski definition) is 5. The van der Waals surface area contributed by atoms with Gasteiger partial charge in [0.25, 0.3) is 12.3 Å². The summed E-state index contributed by atoms with van der Waals surface area (Å²) in [5, 5.41) is 2.67. The zero-order chi connectivity index (χ0) is 20.7. The highest BCUT2D eigenvalue weighted by Gasteiger charge is 2.13. The third kappa shape index (κ3) is 5.54. The van der Waals surface area contributed by atoms with Gasteiger partial charge in [0.1, 0.15) is 5.69 Å². The maximum atomic E-state index is 12.8. The van der Waals surface area contributed by atoms with Crippen LogP contribution in [0.3, 0.4) is 0 Å². The molecule has 148 valence electrons. The Labute approximate surface area is 161 Å². The van der Waals surface area contributed by atoms with E-state index in [1.54, 1.807) is 30.4 Å². The van der Waals surface area contributed by atoms with Crippen LogP contribution in [0.1, 0.15) is 40.5 Å². The van der Waals surface area contributed by atoms with Crippen LogP contribution in [0.2, 0.25) is 0 Å². The lowest BCUT2D eigenvalue weighted by Gasteiger charge is -2.11. The van der Waals surface area contributed by atoms with Gasteiger partial charge in [-0.1, -0.05) is 6.07 Å².